The Morgan fingerprint density at radius 3 is 2.40 bits per heavy atom. The number of hydrogen-bond donors (Lipinski definition) is 2. The fourth-order valence-corrected chi connectivity index (χ4v) is 4.81. The van der Waals surface area contributed by atoms with Crippen LogP contribution in [0.3, 0.4) is 0 Å². The van der Waals surface area contributed by atoms with E-state index in [1.54, 1.807) is 24.4 Å². The Kier molecular flexibility index (Phi) is 6.63. The number of anilines is 1. The van der Waals surface area contributed by atoms with Gasteiger partial charge in [-0.2, -0.15) is 18.7 Å². The molecule has 0 aliphatic rings. The molecule has 4 aromatic rings. The van der Waals surface area contributed by atoms with E-state index in [2.05, 4.69) is 29.4 Å². The molecule has 0 amide bonds. The van der Waals surface area contributed by atoms with Crippen LogP contribution in [-0.2, 0) is 10.0 Å². The molecular weight excluding hydrogens is 508 g/mol. The zero-order chi connectivity index (χ0) is 25.3. The maximum Gasteiger partial charge on any atom is 0.387 e. The van der Waals surface area contributed by atoms with Gasteiger partial charge in [-0.1, -0.05) is 17.7 Å². The van der Waals surface area contributed by atoms with E-state index < -0.39 is 40.1 Å². The number of fused-ring (bicyclic) bond motifs is 1. The average molecular weight is 526 g/mol. The summed E-state index contributed by atoms with van der Waals surface area (Å²) in [5, 5.41) is 0.712. The van der Waals surface area contributed by atoms with E-state index in [0.29, 0.717) is 27.2 Å². The molecule has 0 saturated heterocycles. The molecule has 0 spiro atoms. The van der Waals surface area contributed by atoms with Crippen LogP contribution in [0.25, 0.3) is 22.2 Å². The van der Waals surface area contributed by atoms with E-state index in [1.807, 2.05) is 13.0 Å². The predicted octanol–water partition coefficient (Wildman–Crippen LogP) is 4.40. The molecule has 3 heterocycles. The molecule has 0 saturated carbocycles. The van der Waals surface area contributed by atoms with Gasteiger partial charge in [-0.25, -0.2) is 13.1 Å². The SMILES string of the molecule is COc1nc(NS(=O)(=O)c2c[nH]c3c(-c4ncccc4C)c(Cl)ccc23)nc(OC)c1OC(F)F. The summed E-state index contributed by atoms with van der Waals surface area (Å²) in [5.74, 6) is -1.96. The molecule has 3 aromatic heterocycles. The summed E-state index contributed by atoms with van der Waals surface area (Å²) in [7, 11) is -1.99. The van der Waals surface area contributed by atoms with E-state index in [-0.39, 0.29) is 4.90 Å². The highest BCUT2D eigenvalue weighted by atomic mass is 35.5. The number of alkyl halides is 2. The number of pyridine rings is 1. The summed E-state index contributed by atoms with van der Waals surface area (Å²) in [4.78, 5) is 14.8. The van der Waals surface area contributed by atoms with Gasteiger partial charge in [0.05, 0.1) is 30.5 Å². The van der Waals surface area contributed by atoms with Gasteiger partial charge in [-0.05, 0) is 30.7 Å². The Morgan fingerprint density at radius 2 is 1.80 bits per heavy atom. The van der Waals surface area contributed by atoms with Crippen molar-refractivity contribution in [3.05, 3.63) is 47.2 Å². The average Bonchev–Trinajstić information content (AvgIpc) is 3.25. The minimum atomic E-state index is -4.27. The van der Waals surface area contributed by atoms with Gasteiger partial charge in [0.2, 0.25) is 11.7 Å². The van der Waals surface area contributed by atoms with Crippen molar-refractivity contribution in [2.45, 2.75) is 18.4 Å². The van der Waals surface area contributed by atoms with Crippen molar-refractivity contribution in [3.63, 3.8) is 0 Å². The monoisotopic (exact) mass is 525 g/mol. The Balaban J connectivity index is 1.79. The number of halogens is 3. The summed E-state index contributed by atoms with van der Waals surface area (Å²) < 4.78 is 68.4. The maximum absolute atomic E-state index is 13.2. The van der Waals surface area contributed by atoms with Crippen molar-refractivity contribution < 1.29 is 31.4 Å². The van der Waals surface area contributed by atoms with E-state index >= 15 is 0 Å². The molecule has 184 valence electrons. The third-order valence-electron chi connectivity index (χ3n) is 4.93. The number of methoxy groups -OCH3 is 2. The van der Waals surface area contributed by atoms with Crippen LogP contribution in [0.2, 0.25) is 5.02 Å². The number of aryl methyl sites for hydroxylation is 1. The second-order valence-corrected chi connectivity index (χ2v) is 9.10. The van der Waals surface area contributed by atoms with Crippen LogP contribution in [0, 0.1) is 6.92 Å². The van der Waals surface area contributed by atoms with Gasteiger partial charge in [0.15, 0.2) is 0 Å². The lowest BCUT2D eigenvalue weighted by Gasteiger charge is -2.14. The van der Waals surface area contributed by atoms with E-state index in [0.717, 1.165) is 19.8 Å². The number of hydrogen-bond acceptors (Lipinski definition) is 8. The first-order valence-corrected chi connectivity index (χ1v) is 11.7. The molecule has 0 bridgehead atoms. The zero-order valence-corrected chi connectivity index (χ0v) is 20.0. The van der Waals surface area contributed by atoms with Crippen LogP contribution in [0.1, 0.15) is 5.56 Å². The standard InChI is InChI=1S/C21H18ClF2N5O5S/c1-10-5-4-8-25-15(10)14-12(22)7-6-11-13(9-26-16(11)14)35(30,31)29-21-27-18(32-2)17(34-20(23)24)19(28-21)33-3/h4-9,20,26H,1-3H3,(H,27,28,29). The van der Waals surface area contributed by atoms with Crippen LogP contribution in [0.5, 0.6) is 17.5 Å². The minimum absolute atomic E-state index is 0.131. The molecule has 4 rings (SSSR count). The first kappa shape index (κ1) is 24.4. The maximum atomic E-state index is 13.2. The number of nitrogens with zero attached hydrogens (tertiary/aromatic N) is 3. The van der Waals surface area contributed by atoms with Gasteiger partial charge >= 0.3 is 6.61 Å². The molecule has 2 N–H and O–H groups in total. The first-order chi connectivity index (χ1) is 16.7. The van der Waals surface area contributed by atoms with Gasteiger partial charge in [0, 0.05) is 23.3 Å². The van der Waals surface area contributed by atoms with Crippen LogP contribution in [-0.4, -0.2) is 49.2 Å². The summed E-state index contributed by atoms with van der Waals surface area (Å²) in [6, 6.07) is 6.76. The third kappa shape index (κ3) is 4.64. The number of H-pyrrole nitrogens is 1. The number of aromatic amines is 1. The van der Waals surface area contributed by atoms with Crippen molar-refractivity contribution >= 4 is 38.5 Å². The minimum Gasteiger partial charge on any atom is -0.478 e. The van der Waals surface area contributed by atoms with E-state index in [1.165, 1.54) is 6.20 Å². The van der Waals surface area contributed by atoms with Gasteiger partial charge in [-0.15, -0.1) is 0 Å². The summed E-state index contributed by atoms with van der Waals surface area (Å²) in [6.45, 7) is -1.35. The molecule has 0 aliphatic carbocycles. The number of rotatable bonds is 8. The summed E-state index contributed by atoms with van der Waals surface area (Å²) in [6.07, 6.45) is 2.90. The van der Waals surface area contributed by atoms with Crippen LogP contribution in [0.4, 0.5) is 14.7 Å². The number of sulfonamides is 1. The van der Waals surface area contributed by atoms with Crippen molar-refractivity contribution in [1.82, 2.24) is 19.9 Å². The van der Waals surface area contributed by atoms with Gasteiger partial charge in [-0.3, -0.25) is 4.98 Å². The van der Waals surface area contributed by atoms with Gasteiger partial charge < -0.3 is 19.2 Å². The van der Waals surface area contributed by atoms with Crippen LogP contribution < -0.4 is 18.9 Å². The summed E-state index contributed by atoms with van der Waals surface area (Å²) >= 11 is 6.44. The fourth-order valence-electron chi connectivity index (χ4n) is 3.45. The highest BCUT2D eigenvalue weighted by Crippen LogP contribution is 2.39. The lowest BCUT2D eigenvalue weighted by atomic mass is 10.0. The molecule has 35 heavy (non-hydrogen) atoms. The van der Waals surface area contributed by atoms with Gasteiger partial charge in [0.1, 0.15) is 4.90 Å². The quantitative estimate of drug-likeness (QED) is 0.346. The largest absolute Gasteiger partial charge is 0.478 e. The Hall–Kier alpha value is -3.71. The molecule has 10 nitrogen and oxygen atoms in total. The van der Waals surface area contributed by atoms with Crippen molar-refractivity contribution in [1.29, 1.82) is 0 Å². The van der Waals surface area contributed by atoms with E-state index in [4.69, 9.17) is 21.1 Å². The molecule has 0 radical (unpaired) electrons. The van der Waals surface area contributed by atoms with Crippen molar-refractivity contribution in [3.8, 4) is 28.8 Å². The highest BCUT2D eigenvalue weighted by Gasteiger charge is 2.26. The predicted molar refractivity (Wildman–Crippen MR) is 124 cm³/mol. The Bertz CT molecular complexity index is 1490. The molecule has 0 atom stereocenters. The Morgan fingerprint density at radius 1 is 1.11 bits per heavy atom. The Labute approximate surface area is 203 Å². The second-order valence-electron chi connectivity index (χ2n) is 7.05. The molecule has 0 aliphatic heterocycles. The summed E-state index contributed by atoms with van der Waals surface area (Å²) in [5.41, 5.74) is 2.43. The second kappa shape index (κ2) is 9.50. The normalized spacial score (nSPS) is 11.6. The third-order valence-corrected chi connectivity index (χ3v) is 6.61. The molecule has 1 aromatic carbocycles. The fraction of sp³-hybridized carbons (Fsp3) is 0.190. The topological polar surface area (TPSA) is 128 Å². The highest BCUT2D eigenvalue weighted by molar-refractivity contribution is 7.93. The van der Waals surface area contributed by atoms with Crippen molar-refractivity contribution in [2.75, 3.05) is 18.9 Å². The number of aromatic nitrogens is 4. The lowest BCUT2D eigenvalue weighted by molar-refractivity contribution is -0.0533. The molecule has 0 fully saturated rings. The first-order valence-electron chi connectivity index (χ1n) is 9.85. The van der Waals surface area contributed by atoms with E-state index in [9.17, 15) is 17.2 Å². The molecule has 0 unspecified atom stereocenters. The van der Waals surface area contributed by atoms with Crippen LogP contribution in [0.15, 0.2) is 41.6 Å². The molecular formula is C21H18ClF2N5O5S. The smallest absolute Gasteiger partial charge is 0.387 e. The van der Waals surface area contributed by atoms with Crippen molar-refractivity contribution in [2.24, 2.45) is 0 Å². The number of benzene rings is 1. The van der Waals surface area contributed by atoms with Crippen LogP contribution >= 0.6 is 11.6 Å². The zero-order valence-electron chi connectivity index (χ0n) is 18.5. The number of nitrogens with one attached hydrogen (secondary N) is 2. The van der Waals surface area contributed by atoms with Gasteiger partial charge in [0.25, 0.3) is 21.8 Å². The lowest BCUT2D eigenvalue weighted by Crippen LogP contribution is -2.16. The molecule has 14 heteroatoms. The number of ether oxygens (including phenoxy) is 3.